The van der Waals surface area contributed by atoms with Crippen LogP contribution in [0.2, 0.25) is 0 Å². The molecular weight excluding hydrogens is 314 g/mol. The number of carbonyl (C=O) groups excluding carboxylic acids is 2. The molecule has 25 heavy (non-hydrogen) atoms. The van der Waals surface area contributed by atoms with Gasteiger partial charge in [-0.2, -0.15) is 0 Å². The van der Waals surface area contributed by atoms with Gasteiger partial charge in [0.25, 0.3) is 0 Å². The molecule has 2 fully saturated rings. The average Bonchev–Trinajstić information content (AvgIpc) is 3.19. The van der Waals surface area contributed by atoms with Gasteiger partial charge in [0.1, 0.15) is 6.04 Å². The van der Waals surface area contributed by atoms with Gasteiger partial charge in [0.2, 0.25) is 11.8 Å². The number of nitrogens with zero attached hydrogens (tertiary/aromatic N) is 2. The quantitative estimate of drug-likeness (QED) is 0.892. The van der Waals surface area contributed by atoms with E-state index in [9.17, 15) is 9.59 Å². The molecule has 0 aromatic heterocycles. The Kier molecular flexibility index (Phi) is 6.08. The molecule has 0 bridgehead atoms. The highest BCUT2D eigenvalue weighted by Crippen LogP contribution is 2.28. The minimum Gasteiger partial charge on any atom is -0.339 e. The summed E-state index contributed by atoms with van der Waals surface area (Å²) in [7, 11) is 0. The topological polar surface area (TPSA) is 66.6 Å². The van der Waals surface area contributed by atoms with E-state index >= 15 is 0 Å². The second-order valence-electron chi connectivity index (χ2n) is 7.28. The lowest BCUT2D eigenvalue weighted by Crippen LogP contribution is -2.52. The monoisotopic (exact) mass is 343 g/mol. The molecule has 1 aromatic rings. The Morgan fingerprint density at radius 2 is 1.60 bits per heavy atom. The van der Waals surface area contributed by atoms with E-state index in [2.05, 4.69) is 0 Å². The number of piperazine rings is 1. The van der Waals surface area contributed by atoms with Crippen molar-refractivity contribution in [3.63, 3.8) is 0 Å². The van der Waals surface area contributed by atoms with E-state index in [1.54, 1.807) is 4.90 Å². The molecule has 2 amide bonds. The molecular formula is C20H29N3O2. The Balaban J connectivity index is 1.44. The molecule has 0 spiro atoms. The zero-order chi connectivity index (χ0) is 17.6. The highest BCUT2D eigenvalue weighted by Gasteiger charge is 2.28. The van der Waals surface area contributed by atoms with Crippen LogP contribution in [-0.4, -0.2) is 47.8 Å². The number of benzene rings is 1. The van der Waals surface area contributed by atoms with Gasteiger partial charge in [-0.05, 0) is 17.9 Å². The van der Waals surface area contributed by atoms with Crippen LogP contribution in [0.25, 0.3) is 0 Å². The maximum absolute atomic E-state index is 12.6. The normalized spacial score (nSPS) is 19.9. The van der Waals surface area contributed by atoms with E-state index in [-0.39, 0.29) is 11.8 Å². The van der Waals surface area contributed by atoms with Gasteiger partial charge in [-0.1, -0.05) is 56.0 Å². The van der Waals surface area contributed by atoms with E-state index in [0.29, 0.717) is 32.6 Å². The van der Waals surface area contributed by atoms with Gasteiger partial charge in [-0.25, -0.2) is 0 Å². The molecule has 1 aliphatic heterocycles. The van der Waals surface area contributed by atoms with E-state index in [4.69, 9.17) is 5.73 Å². The summed E-state index contributed by atoms with van der Waals surface area (Å²) in [5, 5.41) is 0. The predicted octanol–water partition coefficient (Wildman–Crippen LogP) is 2.33. The van der Waals surface area contributed by atoms with Crippen molar-refractivity contribution >= 4 is 11.8 Å². The first-order valence-electron chi connectivity index (χ1n) is 9.52. The van der Waals surface area contributed by atoms with Crippen molar-refractivity contribution in [2.45, 2.75) is 44.6 Å². The Hall–Kier alpha value is -1.88. The van der Waals surface area contributed by atoms with Crippen molar-refractivity contribution < 1.29 is 9.59 Å². The summed E-state index contributed by atoms with van der Waals surface area (Å²) in [5.41, 5.74) is 6.95. The molecule has 2 N–H and O–H groups in total. The molecule has 5 heteroatoms. The van der Waals surface area contributed by atoms with Crippen molar-refractivity contribution in [1.29, 1.82) is 0 Å². The largest absolute Gasteiger partial charge is 0.339 e. The first-order chi connectivity index (χ1) is 12.1. The van der Waals surface area contributed by atoms with Gasteiger partial charge in [-0.3, -0.25) is 9.59 Å². The number of carbonyl (C=O) groups is 2. The van der Waals surface area contributed by atoms with Crippen LogP contribution >= 0.6 is 0 Å². The number of hydrogen-bond acceptors (Lipinski definition) is 3. The van der Waals surface area contributed by atoms with Gasteiger partial charge in [0.05, 0.1) is 0 Å². The molecule has 0 radical (unpaired) electrons. The molecule has 3 rings (SSSR count). The molecule has 1 saturated carbocycles. The number of rotatable bonds is 5. The van der Waals surface area contributed by atoms with E-state index in [1.165, 1.54) is 25.7 Å². The van der Waals surface area contributed by atoms with Gasteiger partial charge in [0, 0.05) is 32.6 Å². The van der Waals surface area contributed by atoms with Crippen LogP contribution in [0.1, 0.15) is 50.1 Å². The molecule has 1 aliphatic carbocycles. The third-order valence-corrected chi connectivity index (χ3v) is 5.61. The molecule has 5 nitrogen and oxygen atoms in total. The Morgan fingerprint density at radius 3 is 2.24 bits per heavy atom. The fourth-order valence-electron chi connectivity index (χ4n) is 3.96. The van der Waals surface area contributed by atoms with Crippen molar-refractivity contribution in [2.24, 2.45) is 11.7 Å². The fourth-order valence-corrected chi connectivity index (χ4v) is 3.96. The first kappa shape index (κ1) is 17.9. The Labute approximate surface area is 150 Å². The van der Waals surface area contributed by atoms with Crippen LogP contribution in [0.4, 0.5) is 0 Å². The zero-order valence-electron chi connectivity index (χ0n) is 14.9. The molecule has 1 saturated heterocycles. The average molecular weight is 343 g/mol. The van der Waals surface area contributed by atoms with Crippen LogP contribution in [0.3, 0.4) is 0 Å². The summed E-state index contributed by atoms with van der Waals surface area (Å²) in [6.45, 7) is 2.40. The van der Waals surface area contributed by atoms with E-state index in [1.807, 2.05) is 35.2 Å². The molecule has 2 aliphatic rings. The molecule has 0 unspecified atom stereocenters. The summed E-state index contributed by atoms with van der Waals surface area (Å²) in [5.74, 6) is 0.936. The summed E-state index contributed by atoms with van der Waals surface area (Å²) in [6, 6.07) is 8.84. The van der Waals surface area contributed by atoms with Crippen LogP contribution in [0.15, 0.2) is 30.3 Å². The predicted molar refractivity (Wildman–Crippen MR) is 97.7 cm³/mol. The lowest BCUT2D eigenvalue weighted by Gasteiger charge is -2.36. The smallest absolute Gasteiger partial charge is 0.244 e. The Bertz CT molecular complexity index is 576. The highest BCUT2D eigenvalue weighted by atomic mass is 16.2. The van der Waals surface area contributed by atoms with Crippen molar-refractivity contribution in [1.82, 2.24) is 9.80 Å². The fraction of sp³-hybridized carbons (Fsp3) is 0.600. The zero-order valence-corrected chi connectivity index (χ0v) is 14.9. The van der Waals surface area contributed by atoms with Gasteiger partial charge < -0.3 is 15.5 Å². The number of hydrogen-bond donors (Lipinski definition) is 1. The van der Waals surface area contributed by atoms with Crippen LogP contribution in [0, 0.1) is 5.92 Å². The van der Waals surface area contributed by atoms with Gasteiger partial charge in [0.15, 0.2) is 0 Å². The molecule has 1 heterocycles. The van der Waals surface area contributed by atoms with Crippen LogP contribution in [-0.2, 0) is 9.59 Å². The SMILES string of the molecule is N[C@H](C(=O)N1CCN(C(=O)CCC2CCCC2)CC1)c1ccccc1. The lowest BCUT2D eigenvalue weighted by atomic mass is 10.0. The lowest BCUT2D eigenvalue weighted by molar-refractivity contribution is -0.140. The van der Waals surface area contributed by atoms with Crippen molar-refractivity contribution in [2.75, 3.05) is 26.2 Å². The van der Waals surface area contributed by atoms with Crippen LogP contribution < -0.4 is 5.73 Å². The van der Waals surface area contributed by atoms with Gasteiger partial charge in [-0.15, -0.1) is 0 Å². The minimum atomic E-state index is -0.620. The summed E-state index contributed by atoms with van der Waals surface area (Å²) >= 11 is 0. The third-order valence-electron chi connectivity index (χ3n) is 5.61. The molecule has 1 aromatic carbocycles. The second kappa shape index (κ2) is 8.48. The summed E-state index contributed by atoms with van der Waals surface area (Å²) < 4.78 is 0. The maximum atomic E-state index is 12.6. The maximum Gasteiger partial charge on any atom is 0.244 e. The minimum absolute atomic E-state index is 0.0516. The standard InChI is InChI=1S/C20H29N3O2/c21-19(17-8-2-1-3-9-17)20(25)23-14-12-22(13-15-23)18(24)11-10-16-6-4-5-7-16/h1-3,8-9,16,19H,4-7,10-15,21H2/t19-/m0/s1. The van der Waals surface area contributed by atoms with Crippen molar-refractivity contribution in [3.8, 4) is 0 Å². The third kappa shape index (κ3) is 4.60. The summed E-state index contributed by atoms with van der Waals surface area (Å²) in [4.78, 5) is 28.7. The Morgan fingerprint density at radius 1 is 1.00 bits per heavy atom. The highest BCUT2D eigenvalue weighted by molar-refractivity contribution is 5.83. The second-order valence-corrected chi connectivity index (χ2v) is 7.28. The van der Waals surface area contributed by atoms with Crippen molar-refractivity contribution in [3.05, 3.63) is 35.9 Å². The van der Waals surface area contributed by atoms with E-state index in [0.717, 1.165) is 17.9 Å². The summed E-state index contributed by atoms with van der Waals surface area (Å²) in [6.07, 6.45) is 6.89. The number of nitrogens with two attached hydrogens (primary N) is 1. The van der Waals surface area contributed by atoms with Crippen LogP contribution in [0.5, 0.6) is 0 Å². The van der Waals surface area contributed by atoms with E-state index < -0.39 is 6.04 Å². The first-order valence-corrected chi connectivity index (χ1v) is 9.52. The molecule has 136 valence electrons. The van der Waals surface area contributed by atoms with Gasteiger partial charge >= 0.3 is 0 Å². The number of amides is 2. The molecule has 1 atom stereocenters.